The quantitative estimate of drug-likeness (QED) is 0.569. The van der Waals surface area contributed by atoms with Crippen molar-refractivity contribution in [3.05, 3.63) is 70.8 Å². The first-order chi connectivity index (χ1) is 16.4. The van der Waals surface area contributed by atoms with Crippen LogP contribution in [0, 0.1) is 0 Å². The van der Waals surface area contributed by atoms with Gasteiger partial charge in [-0.2, -0.15) is 0 Å². The lowest BCUT2D eigenvalue weighted by Gasteiger charge is -2.39. The second kappa shape index (κ2) is 12.9. The van der Waals surface area contributed by atoms with E-state index >= 15 is 0 Å². The molecule has 34 heavy (non-hydrogen) atoms. The molecule has 9 heteroatoms. The first-order valence-electron chi connectivity index (χ1n) is 11.0. The lowest BCUT2D eigenvalue weighted by Crippen LogP contribution is -2.48. The zero-order chi connectivity index (χ0) is 24.5. The minimum absolute atomic E-state index is 0.393. The second-order valence-electron chi connectivity index (χ2n) is 7.99. The highest BCUT2D eigenvalue weighted by Gasteiger charge is 2.30. The monoisotopic (exact) mass is 504 g/mol. The summed E-state index contributed by atoms with van der Waals surface area (Å²) in [7, 11) is 1.78. The molecule has 2 aliphatic heterocycles. The van der Waals surface area contributed by atoms with Gasteiger partial charge in [0.1, 0.15) is 0 Å². The van der Waals surface area contributed by atoms with Gasteiger partial charge < -0.3 is 14.9 Å². The van der Waals surface area contributed by atoms with Crippen molar-refractivity contribution in [3.8, 4) is 0 Å². The smallest absolute Gasteiger partial charge is 0.328 e. The van der Waals surface area contributed by atoms with E-state index in [1.165, 1.54) is 20.9 Å². The van der Waals surface area contributed by atoms with E-state index in [-0.39, 0.29) is 0 Å². The predicted molar refractivity (Wildman–Crippen MR) is 133 cm³/mol. The van der Waals surface area contributed by atoms with Crippen LogP contribution in [0.3, 0.4) is 0 Å². The summed E-state index contributed by atoms with van der Waals surface area (Å²) >= 11 is 8.26. The Labute approximate surface area is 209 Å². The summed E-state index contributed by atoms with van der Waals surface area (Å²) < 4.78 is 5.23. The summed E-state index contributed by atoms with van der Waals surface area (Å²) in [4.78, 5) is 27.0. The highest BCUT2D eigenvalue weighted by Crippen LogP contribution is 2.43. The number of carboxylic acid groups (broad SMARTS) is 2. The van der Waals surface area contributed by atoms with Crippen LogP contribution in [0.4, 0.5) is 0 Å². The third-order valence-corrected chi connectivity index (χ3v) is 7.21. The Hall–Kier alpha value is -2.36. The van der Waals surface area contributed by atoms with Gasteiger partial charge in [0, 0.05) is 72.8 Å². The molecule has 182 valence electrons. The van der Waals surface area contributed by atoms with Gasteiger partial charge in [0.15, 0.2) is 0 Å². The molecule has 4 rings (SSSR count). The molecule has 2 aliphatic rings. The second-order valence-corrected chi connectivity index (χ2v) is 9.51. The number of halogens is 1. The molecular weight excluding hydrogens is 476 g/mol. The van der Waals surface area contributed by atoms with Crippen LogP contribution in [0.1, 0.15) is 17.2 Å². The number of hydrogen-bond acceptors (Lipinski definition) is 6. The molecular formula is C25H29ClN2O5S. The Kier molecular flexibility index (Phi) is 9.98. The molecule has 0 saturated carbocycles. The van der Waals surface area contributed by atoms with Crippen LogP contribution in [0.5, 0.6) is 0 Å². The van der Waals surface area contributed by atoms with E-state index in [1.54, 1.807) is 7.11 Å². The average Bonchev–Trinajstić information content (AvgIpc) is 2.99. The number of carbonyl (C=O) groups is 2. The van der Waals surface area contributed by atoms with Crippen LogP contribution in [0.25, 0.3) is 0 Å². The van der Waals surface area contributed by atoms with E-state index < -0.39 is 11.9 Å². The van der Waals surface area contributed by atoms with Crippen LogP contribution in [-0.2, 0) is 20.7 Å². The molecule has 0 bridgehead atoms. The molecule has 2 aromatic carbocycles. The number of carboxylic acids is 2. The first-order valence-corrected chi connectivity index (χ1v) is 12.2. The number of ether oxygens (including phenoxy) is 1. The van der Waals surface area contributed by atoms with Crippen LogP contribution >= 0.6 is 23.4 Å². The molecule has 2 heterocycles. The van der Waals surface area contributed by atoms with Gasteiger partial charge in [0.25, 0.3) is 0 Å². The molecule has 2 aromatic rings. The minimum atomic E-state index is -1.26. The predicted octanol–water partition coefficient (Wildman–Crippen LogP) is 4.06. The van der Waals surface area contributed by atoms with Crippen molar-refractivity contribution in [3.63, 3.8) is 0 Å². The number of piperazine rings is 1. The largest absolute Gasteiger partial charge is 0.478 e. The van der Waals surface area contributed by atoms with Gasteiger partial charge in [-0.3, -0.25) is 9.80 Å². The maximum atomic E-state index is 9.55. The molecule has 0 radical (unpaired) electrons. The molecule has 7 nitrogen and oxygen atoms in total. The van der Waals surface area contributed by atoms with Gasteiger partial charge in [-0.25, -0.2) is 9.59 Å². The van der Waals surface area contributed by atoms with Gasteiger partial charge in [-0.1, -0.05) is 41.6 Å². The minimum Gasteiger partial charge on any atom is -0.478 e. The summed E-state index contributed by atoms with van der Waals surface area (Å²) in [5.41, 5.74) is 2.82. The summed E-state index contributed by atoms with van der Waals surface area (Å²) in [5, 5.41) is 16.5. The molecule has 0 aromatic heterocycles. The van der Waals surface area contributed by atoms with Gasteiger partial charge in [-0.15, -0.1) is 0 Å². The number of methoxy groups -OCH3 is 1. The van der Waals surface area contributed by atoms with E-state index in [0.717, 1.165) is 50.8 Å². The summed E-state index contributed by atoms with van der Waals surface area (Å²) in [5.74, 6) is -2.51. The van der Waals surface area contributed by atoms with Crippen molar-refractivity contribution >= 4 is 35.3 Å². The van der Waals surface area contributed by atoms with Gasteiger partial charge in [0.05, 0.1) is 6.61 Å². The SMILES string of the molecule is COCCN1CCN(C2Cc3ccccc3Sc3ccc(Cl)cc32)CC1.O=C(O)/C=C/C(=O)O. The Morgan fingerprint density at radius 2 is 1.74 bits per heavy atom. The number of rotatable bonds is 6. The number of hydrogen-bond donors (Lipinski definition) is 2. The zero-order valence-corrected chi connectivity index (χ0v) is 20.6. The molecule has 1 fully saturated rings. The van der Waals surface area contributed by atoms with Crippen LogP contribution in [0.15, 0.2) is 64.4 Å². The lowest BCUT2D eigenvalue weighted by atomic mass is 9.96. The van der Waals surface area contributed by atoms with E-state index in [9.17, 15) is 9.59 Å². The zero-order valence-electron chi connectivity index (χ0n) is 19.0. The molecule has 1 unspecified atom stereocenters. The number of benzene rings is 2. The highest BCUT2D eigenvalue weighted by atomic mass is 35.5. The fourth-order valence-corrected chi connectivity index (χ4v) is 5.36. The fourth-order valence-electron chi connectivity index (χ4n) is 4.07. The average molecular weight is 505 g/mol. The van der Waals surface area contributed by atoms with Gasteiger partial charge in [-0.05, 0) is 41.8 Å². The van der Waals surface area contributed by atoms with E-state index in [4.69, 9.17) is 26.6 Å². The van der Waals surface area contributed by atoms with Crippen molar-refractivity contribution in [1.29, 1.82) is 0 Å². The summed E-state index contributed by atoms with van der Waals surface area (Å²) in [6.07, 6.45) is 2.17. The Morgan fingerprint density at radius 1 is 1.06 bits per heavy atom. The van der Waals surface area contributed by atoms with Crippen molar-refractivity contribution < 1.29 is 24.5 Å². The Bertz CT molecular complexity index is 1010. The third kappa shape index (κ3) is 7.58. The maximum Gasteiger partial charge on any atom is 0.328 e. The number of nitrogens with zero attached hydrogens (tertiary/aromatic N) is 2. The van der Waals surface area contributed by atoms with Crippen LogP contribution in [0.2, 0.25) is 5.02 Å². The van der Waals surface area contributed by atoms with Crippen LogP contribution in [-0.4, -0.2) is 78.4 Å². The topological polar surface area (TPSA) is 90.3 Å². The van der Waals surface area contributed by atoms with Crippen molar-refractivity contribution in [2.24, 2.45) is 0 Å². The van der Waals surface area contributed by atoms with E-state index in [0.29, 0.717) is 18.2 Å². The van der Waals surface area contributed by atoms with Gasteiger partial charge >= 0.3 is 11.9 Å². The van der Waals surface area contributed by atoms with Crippen molar-refractivity contribution in [2.75, 3.05) is 46.4 Å². The first kappa shape index (κ1) is 26.2. The molecule has 1 atom stereocenters. The molecule has 0 amide bonds. The summed E-state index contributed by atoms with van der Waals surface area (Å²) in [6.45, 7) is 6.22. The van der Waals surface area contributed by atoms with Crippen molar-refractivity contribution in [1.82, 2.24) is 9.80 Å². The molecule has 0 spiro atoms. The van der Waals surface area contributed by atoms with E-state index in [1.807, 2.05) is 17.8 Å². The lowest BCUT2D eigenvalue weighted by molar-refractivity contribution is -0.134. The Balaban J connectivity index is 0.000000350. The molecule has 0 aliphatic carbocycles. The van der Waals surface area contributed by atoms with E-state index in [2.05, 4.69) is 46.2 Å². The number of aliphatic carboxylic acids is 2. The summed E-state index contributed by atoms with van der Waals surface area (Å²) in [6, 6.07) is 15.6. The Morgan fingerprint density at radius 3 is 2.38 bits per heavy atom. The van der Waals surface area contributed by atoms with Crippen molar-refractivity contribution in [2.45, 2.75) is 22.3 Å². The number of fused-ring (bicyclic) bond motifs is 2. The van der Waals surface area contributed by atoms with Crippen LogP contribution < -0.4 is 0 Å². The normalized spacial score (nSPS) is 18.4. The maximum absolute atomic E-state index is 9.55. The highest BCUT2D eigenvalue weighted by molar-refractivity contribution is 7.99. The fraction of sp³-hybridized carbons (Fsp3) is 0.360. The third-order valence-electron chi connectivity index (χ3n) is 5.76. The standard InChI is InChI=1S/C21H25ClN2OS.C4H4O4/c1-25-13-12-23-8-10-24(11-9-23)19-14-16-4-2-3-5-20(16)26-21-7-6-17(22)15-18(19)21;5-3(6)1-2-4(7)8/h2-7,15,19H,8-14H2,1H3;1-2H,(H,5,6)(H,7,8)/b;2-1+. The molecule has 2 N–H and O–H groups in total. The van der Waals surface area contributed by atoms with Gasteiger partial charge in [0.2, 0.25) is 0 Å². The molecule has 1 saturated heterocycles.